The first-order valence-corrected chi connectivity index (χ1v) is 11.9. The topological polar surface area (TPSA) is 75.4 Å². The number of likely N-dealkylation sites (tertiary alicyclic amines) is 1. The average Bonchev–Trinajstić information content (AvgIpc) is 3.32. The third-order valence-corrected chi connectivity index (χ3v) is 7.20. The minimum atomic E-state index is -0.0703. The number of amides is 2. The maximum Gasteiger partial charge on any atom is 0.276 e. The molecule has 1 aliphatic rings. The van der Waals surface area contributed by atoms with Gasteiger partial charge in [-0.25, -0.2) is 0 Å². The van der Waals surface area contributed by atoms with Crippen molar-refractivity contribution in [1.82, 2.24) is 15.4 Å². The van der Waals surface area contributed by atoms with Gasteiger partial charge in [-0.05, 0) is 42.7 Å². The Labute approximate surface area is 186 Å². The number of carbonyl (C=O) groups is 2. The number of thiophene rings is 1. The summed E-state index contributed by atoms with van der Waals surface area (Å²) < 4.78 is 6.46. The van der Waals surface area contributed by atoms with Crippen molar-refractivity contribution in [3.05, 3.63) is 52.2 Å². The third-order valence-electron chi connectivity index (χ3n) is 5.98. The Kier molecular flexibility index (Phi) is 6.70. The van der Waals surface area contributed by atoms with Crippen LogP contribution in [0.25, 0.3) is 10.1 Å². The molecule has 0 bridgehead atoms. The minimum Gasteiger partial charge on any atom is -0.361 e. The van der Waals surface area contributed by atoms with E-state index in [0.29, 0.717) is 18.7 Å². The van der Waals surface area contributed by atoms with Gasteiger partial charge in [-0.15, -0.1) is 11.3 Å². The molecule has 1 fully saturated rings. The molecule has 2 amide bonds. The highest BCUT2D eigenvalue weighted by Gasteiger charge is 2.30. The number of aryl methyl sites for hydroxylation is 1. The molecule has 0 aliphatic carbocycles. The molecule has 1 unspecified atom stereocenters. The SMILES string of the molecule is CCCc1cc(C(=O)N2CCCCCC2Cc2c(C(=O)NC)sc3ccccc23)no1. The third kappa shape index (κ3) is 4.51. The number of fused-ring (bicyclic) bond motifs is 1. The summed E-state index contributed by atoms with van der Waals surface area (Å²) in [5.74, 6) is 0.616. The molecule has 31 heavy (non-hydrogen) atoms. The molecule has 6 nitrogen and oxygen atoms in total. The van der Waals surface area contributed by atoms with Gasteiger partial charge in [-0.2, -0.15) is 0 Å². The van der Waals surface area contributed by atoms with Gasteiger partial charge < -0.3 is 14.7 Å². The van der Waals surface area contributed by atoms with Crippen LogP contribution in [-0.4, -0.2) is 41.5 Å². The first kappa shape index (κ1) is 21.6. The van der Waals surface area contributed by atoms with Crippen molar-refractivity contribution in [2.24, 2.45) is 0 Å². The Morgan fingerprint density at radius 3 is 2.90 bits per heavy atom. The molecule has 1 aromatic carbocycles. The second kappa shape index (κ2) is 9.64. The Hall–Kier alpha value is -2.67. The summed E-state index contributed by atoms with van der Waals surface area (Å²) in [5, 5.41) is 7.93. The van der Waals surface area contributed by atoms with Crippen LogP contribution in [-0.2, 0) is 12.8 Å². The molecule has 0 radical (unpaired) electrons. The van der Waals surface area contributed by atoms with E-state index in [4.69, 9.17) is 4.52 Å². The molecule has 2 aromatic heterocycles. The van der Waals surface area contributed by atoms with Gasteiger partial charge in [0.25, 0.3) is 11.8 Å². The van der Waals surface area contributed by atoms with Crippen molar-refractivity contribution >= 4 is 33.2 Å². The fraction of sp³-hybridized carbons (Fsp3) is 0.458. The minimum absolute atomic E-state index is 0.0303. The molecular weight excluding hydrogens is 410 g/mol. The van der Waals surface area contributed by atoms with E-state index in [1.54, 1.807) is 13.1 Å². The summed E-state index contributed by atoms with van der Waals surface area (Å²) in [6.45, 7) is 2.78. The van der Waals surface area contributed by atoms with Crippen LogP contribution in [0.5, 0.6) is 0 Å². The molecule has 7 heteroatoms. The van der Waals surface area contributed by atoms with Crippen LogP contribution >= 0.6 is 11.3 Å². The average molecular weight is 440 g/mol. The molecule has 1 N–H and O–H groups in total. The van der Waals surface area contributed by atoms with Crippen LogP contribution < -0.4 is 5.32 Å². The molecular formula is C24H29N3O3S. The van der Waals surface area contributed by atoms with Gasteiger partial charge >= 0.3 is 0 Å². The van der Waals surface area contributed by atoms with Crippen molar-refractivity contribution in [2.75, 3.05) is 13.6 Å². The molecule has 3 aromatic rings. The number of hydrogen-bond acceptors (Lipinski definition) is 5. The van der Waals surface area contributed by atoms with E-state index >= 15 is 0 Å². The van der Waals surface area contributed by atoms with Gasteiger partial charge in [-0.3, -0.25) is 9.59 Å². The highest BCUT2D eigenvalue weighted by atomic mass is 32.1. The van der Waals surface area contributed by atoms with Gasteiger partial charge in [0.1, 0.15) is 5.76 Å². The largest absolute Gasteiger partial charge is 0.361 e. The summed E-state index contributed by atoms with van der Waals surface area (Å²) in [7, 11) is 1.66. The molecule has 1 saturated heterocycles. The number of benzene rings is 1. The lowest BCUT2D eigenvalue weighted by atomic mass is 9.97. The zero-order chi connectivity index (χ0) is 21.8. The zero-order valence-corrected chi connectivity index (χ0v) is 19.0. The standard InChI is InChI=1S/C24H29N3O3S/c1-3-9-17-15-20(26-30-17)24(29)27-13-8-4-5-10-16(27)14-19-18-11-6-7-12-21(18)31-22(19)23(28)25-2/h6-7,11-12,15-16H,3-5,8-10,13-14H2,1-2H3,(H,25,28). The molecule has 0 spiro atoms. The van der Waals surface area contributed by atoms with E-state index in [2.05, 4.69) is 29.5 Å². The second-order valence-corrected chi connectivity index (χ2v) is 9.17. The maximum atomic E-state index is 13.4. The van der Waals surface area contributed by atoms with E-state index in [1.165, 1.54) is 11.3 Å². The molecule has 1 aliphatic heterocycles. The summed E-state index contributed by atoms with van der Waals surface area (Å²) in [4.78, 5) is 28.7. The van der Waals surface area contributed by atoms with E-state index in [9.17, 15) is 9.59 Å². The van der Waals surface area contributed by atoms with E-state index in [0.717, 1.165) is 64.8 Å². The van der Waals surface area contributed by atoms with Gasteiger partial charge in [-0.1, -0.05) is 43.1 Å². The van der Waals surface area contributed by atoms with E-state index in [-0.39, 0.29) is 17.9 Å². The molecule has 0 saturated carbocycles. The summed E-state index contributed by atoms with van der Waals surface area (Å²) in [6, 6.07) is 9.94. The number of rotatable bonds is 6. The number of nitrogens with one attached hydrogen (secondary N) is 1. The fourth-order valence-electron chi connectivity index (χ4n) is 4.42. The van der Waals surface area contributed by atoms with Crippen molar-refractivity contribution in [2.45, 2.75) is 57.9 Å². The van der Waals surface area contributed by atoms with Crippen LogP contribution in [0.2, 0.25) is 0 Å². The Morgan fingerprint density at radius 1 is 1.26 bits per heavy atom. The smallest absolute Gasteiger partial charge is 0.276 e. The van der Waals surface area contributed by atoms with Crippen molar-refractivity contribution < 1.29 is 14.1 Å². The van der Waals surface area contributed by atoms with Crippen molar-refractivity contribution in [1.29, 1.82) is 0 Å². The lowest BCUT2D eigenvalue weighted by Crippen LogP contribution is -2.41. The predicted molar refractivity (Wildman–Crippen MR) is 123 cm³/mol. The Bertz CT molecular complexity index is 1070. The molecule has 164 valence electrons. The number of hydrogen-bond donors (Lipinski definition) is 1. The Balaban J connectivity index is 1.66. The number of aromatic nitrogens is 1. The van der Waals surface area contributed by atoms with Gasteiger partial charge in [0.15, 0.2) is 5.69 Å². The lowest BCUT2D eigenvalue weighted by Gasteiger charge is -2.29. The first-order chi connectivity index (χ1) is 15.1. The molecule has 3 heterocycles. The predicted octanol–water partition coefficient (Wildman–Crippen LogP) is 4.83. The molecule has 1 atom stereocenters. The second-order valence-electron chi connectivity index (χ2n) is 8.12. The zero-order valence-electron chi connectivity index (χ0n) is 18.1. The monoisotopic (exact) mass is 439 g/mol. The van der Waals surface area contributed by atoms with Crippen LogP contribution in [0.3, 0.4) is 0 Å². The highest BCUT2D eigenvalue weighted by molar-refractivity contribution is 7.21. The van der Waals surface area contributed by atoms with E-state index < -0.39 is 0 Å². The first-order valence-electron chi connectivity index (χ1n) is 11.1. The van der Waals surface area contributed by atoms with Crippen LogP contribution in [0, 0.1) is 0 Å². The van der Waals surface area contributed by atoms with Crippen LogP contribution in [0.4, 0.5) is 0 Å². The van der Waals surface area contributed by atoms with Gasteiger partial charge in [0.05, 0.1) is 4.88 Å². The summed E-state index contributed by atoms with van der Waals surface area (Å²) in [6.07, 6.45) is 6.47. The number of nitrogens with zero attached hydrogens (tertiary/aromatic N) is 2. The van der Waals surface area contributed by atoms with Crippen LogP contribution in [0.15, 0.2) is 34.9 Å². The van der Waals surface area contributed by atoms with E-state index in [1.807, 2.05) is 17.0 Å². The molecule has 4 rings (SSSR count). The van der Waals surface area contributed by atoms with Crippen molar-refractivity contribution in [3.63, 3.8) is 0 Å². The quantitative estimate of drug-likeness (QED) is 0.597. The van der Waals surface area contributed by atoms with Gasteiger partial charge in [0, 0.05) is 36.8 Å². The highest BCUT2D eigenvalue weighted by Crippen LogP contribution is 2.34. The number of carbonyl (C=O) groups excluding carboxylic acids is 2. The van der Waals surface area contributed by atoms with Gasteiger partial charge in [0.2, 0.25) is 0 Å². The summed E-state index contributed by atoms with van der Waals surface area (Å²) in [5.41, 5.74) is 1.42. The fourth-order valence-corrected chi connectivity index (χ4v) is 5.60. The normalized spacial score (nSPS) is 17.0. The maximum absolute atomic E-state index is 13.4. The Morgan fingerprint density at radius 2 is 2.10 bits per heavy atom. The van der Waals surface area contributed by atoms with Crippen molar-refractivity contribution in [3.8, 4) is 0 Å². The van der Waals surface area contributed by atoms with Crippen LogP contribution in [0.1, 0.15) is 70.5 Å². The lowest BCUT2D eigenvalue weighted by molar-refractivity contribution is 0.0671. The summed E-state index contributed by atoms with van der Waals surface area (Å²) >= 11 is 1.52.